The zero-order chi connectivity index (χ0) is 16.9. The molecule has 2 unspecified atom stereocenters. The maximum Gasteiger partial charge on any atom is 0.288 e. The Hall–Kier alpha value is -1.52. The van der Waals surface area contributed by atoms with Crippen molar-refractivity contribution in [1.29, 1.82) is 5.26 Å². The molecule has 0 saturated heterocycles. The first kappa shape index (κ1) is 17.8. The quantitative estimate of drug-likeness (QED) is 0.680. The molecule has 0 heterocycles. The molecule has 2 atom stereocenters. The summed E-state index contributed by atoms with van der Waals surface area (Å²) < 4.78 is 30.2. The molecular weight excluding hydrogens is 411 g/mol. The van der Waals surface area contributed by atoms with E-state index in [4.69, 9.17) is 0 Å². The van der Waals surface area contributed by atoms with Crippen molar-refractivity contribution >= 4 is 22.6 Å². The third-order valence-electron chi connectivity index (χ3n) is 3.83. The molecule has 0 bridgehead atoms. The third kappa shape index (κ3) is 4.27. The lowest BCUT2D eigenvalue weighted by molar-refractivity contribution is -0.0502. The number of aliphatic hydroxyl groups excluding tert-OH is 1. The lowest BCUT2D eigenvalue weighted by Gasteiger charge is -2.25. The number of benzene rings is 2. The van der Waals surface area contributed by atoms with Gasteiger partial charge >= 0.3 is 0 Å². The van der Waals surface area contributed by atoms with Crippen LogP contribution in [0.4, 0.5) is 8.78 Å². The van der Waals surface area contributed by atoms with E-state index in [0.717, 1.165) is 9.13 Å². The standard InChI is InChI=1S/C18H16F2INO/c19-18(20,15-6-8-17(21)9-7-15)16(11-22)10-14(12-23)13-4-2-1-3-5-13/h1-9,14,16,23H,10,12H2. The van der Waals surface area contributed by atoms with Crippen molar-refractivity contribution in [3.63, 3.8) is 0 Å². The highest BCUT2D eigenvalue weighted by Gasteiger charge is 2.42. The molecule has 0 aliphatic rings. The van der Waals surface area contributed by atoms with Crippen LogP contribution in [0.2, 0.25) is 0 Å². The molecule has 0 spiro atoms. The fourth-order valence-corrected chi connectivity index (χ4v) is 2.84. The van der Waals surface area contributed by atoms with Crippen molar-refractivity contribution < 1.29 is 13.9 Å². The van der Waals surface area contributed by atoms with Crippen molar-refractivity contribution in [3.05, 3.63) is 69.3 Å². The molecule has 2 aromatic rings. The average molecular weight is 427 g/mol. The van der Waals surface area contributed by atoms with Gasteiger partial charge in [-0.15, -0.1) is 0 Å². The monoisotopic (exact) mass is 427 g/mol. The number of rotatable bonds is 6. The minimum absolute atomic E-state index is 0.101. The smallest absolute Gasteiger partial charge is 0.288 e. The van der Waals surface area contributed by atoms with Crippen molar-refractivity contribution in [3.8, 4) is 6.07 Å². The fraction of sp³-hybridized carbons (Fsp3) is 0.278. The first-order chi connectivity index (χ1) is 11.0. The Bertz CT molecular complexity index is 668. The van der Waals surface area contributed by atoms with Gasteiger partial charge < -0.3 is 5.11 Å². The molecular formula is C18H16F2INO. The van der Waals surface area contributed by atoms with E-state index in [0.29, 0.717) is 0 Å². The van der Waals surface area contributed by atoms with E-state index < -0.39 is 17.8 Å². The summed E-state index contributed by atoms with van der Waals surface area (Å²) in [6.45, 7) is -0.273. The van der Waals surface area contributed by atoms with Crippen LogP contribution in [0.5, 0.6) is 0 Å². The van der Waals surface area contributed by atoms with Crippen molar-refractivity contribution in [1.82, 2.24) is 0 Å². The molecule has 1 N–H and O–H groups in total. The van der Waals surface area contributed by atoms with E-state index in [2.05, 4.69) is 0 Å². The van der Waals surface area contributed by atoms with Gasteiger partial charge in [0.15, 0.2) is 0 Å². The molecule has 120 valence electrons. The summed E-state index contributed by atoms with van der Waals surface area (Å²) in [5, 5.41) is 18.8. The summed E-state index contributed by atoms with van der Waals surface area (Å²) in [6.07, 6.45) is -0.101. The van der Waals surface area contributed by atoms with Crippen molar-refractivity contribution in [2.24, 2.45) is 5.92 Å². The van der Waals surface area contributed by atoms with E-state index in [1.807, 2.05) is 28.7 Å². The molecule has 2 nitrogen and oxygen atoms in total. The summed E-state index contributed by atoms with van der Waals surface area (Å²) in [5.74, 6) is -5.25. The number of nitriles is 1. The SMILES string of the molecule is N#CC(CC(CO)c1ccccc1)C(F)(F)c1ccc(I)cc1. The second kappa shape index (κ2) is 7.84. The molecule has 2 aromatic carbocycles. The number of hydrogen-bond donors (Lipinski definition) is 1. The predicted octanol–water partition coefficient (Wildman–Crippen LogP) is 4.69. The lowest BCUT2D eigenvalue weighted by Crippen LogP contribution is -2.27. The van der Waals surface area contributed by atoms with Crippen molar-refractivity contribution in [2.75, 3.05) is 6.61 Å². The summed E-state index contributed by atoms with van der Waals surface area (Å²) in [7, 11) is 0. The van der Waals surface area contributed by atoms with Crippen LogP contribution in [0.3, 0.4) is 0 Å². The van der Waals surface area contributed by atoms with Crippen LogP contribution in [0.1, 0.15) is 23.5 Å². The maximum absolute atomic E-state index is 14.7. The summed E-state index contributed by atoms with van der Waals surface area (Å²) in [6, 6.07) is 16.6. The largest absolute Gasteiger partial charge is 0.396 e. The molecule has 0 aliphatic carbocycles. The van der Waals surface area contributed by atoms with E-state index in [1.54, 1.807) is 42.5 Å². The van der Waals surface area contributed by atoms with Crippen LogP contribution in [0, 0.1) is 20.8 Å². The highest BCUT2D eigenvalue weighted by atomic mass is 127. The average Bonchev–Trinajstić information content (AvgIpc) is 2.57. The van der Waals surface area contributed by atoms with Crippen molar-refractivity contribution in [2.45, 2.75) is 18.3 Å². The van der Waals surface area contributed by atoms with Gasteiger partial charge in [-0.25, -0.2) is 0 Å². The molecule has 5 heteroatoms. The maximum atomic E-state index is 14.7. The Kier molecular flexibility index (Phi) is 6.08. The van der Waals surface area contributed by atoms with Gasteiger partial charge in [-0.2, -0.15) is 14.0 Å². The topological polar surface area (TPSA) is 44.0 Å². The summed E-state index contributed by atoms with van der Waals surface area (Å²) >= 11 is 2.04. The van der Waals surface area contributed by atoms with E-state index in [9.17, 15) is 19.1 Å². The number of halogens is 3. The Balaban J connectivity index is 2.24. The van der Waals surface area contributed by atoms with Crippen LogP contribution >= 0.6 is 22.6 Å². The second-order valence-electron chi connectivity index (χ2n) is 5.34. The zero-order valence-electron chi connectivity index (χ0n) is 12.3. The molecule has 0 aliphatic heterocycles. The summed E-state index contributed by atoms with van der Waals surface area (Å²) in [4.78, 5) is 0. The Morgan fingerprint density at radius 2 is 1.70 bits per heavy atom. The van der Waals surface area contributed by atoms with Crippen LogP contribution in [-0.2, 0) is 5.92 Å². The first-order valence-electron chi connectivity index (χ1n) is 7.18. The van der Waals surface area contributed by atoms with Crippen LogP contribution in [0.25, 0.3) is 0 Å². The number of nitrogens with zero attached hydrogens (tertiary/aromatic N) is 1. The molecule has 0 amide bonds. The van der Waals surface area contributed by atoms with Crippen LogP contribution in [0.15, 0.2) is 54.6 Å². The number of alkyl halides is 2. The van der Waals surface area contributed by atoms with Gasteiger partial charge in [-0.3, -0.25) is 0 Å². The third-order valence-corrected chi connectivity index (χ3v) is 4.55. The van der Waals surface area contributed by atoms with Gasteiger partial charge in [0.1, 0.15) is 5.92 Å². The first-order valence-corrected chi connectivity index (χ1v) is 8.26. The van der Waals surface area contributed by atoms with Gasteiger partial charge in [0.2, 0.25) is 0 Å². The highest BCUT2D eigenvalue weighted by molar-refractivity contribution is 14.1. The molecule has 23 heavy (non-hydrogen) atoms. The number of hydrogen-bond acceptors (Lipinski definition) is 2. The highest BCUT2D eigenvalue weighted by Crippen LogP contribution is 2.40. The molecule has 2 rings (SSSR count). The lowest BCUT2D eigenvalue weighted by atomic mass is 9.84. The second-order valence-corrected chi connectivity index (χ2v) is 6.58. The normalized spacial score (nSPS) is 14.0. The van der Waals surface area contributed by atoms with E-state index in [-0.39, 0.29) is 18.6 Å². The van der Waals surface area contributed by atoms with Crippen LogP contribution in [-0.4, -0.2) is 11.7 Å². The van der Waals surface area contributed by atoms with Gasteiger partial charge in [-0.05, 0) is 46.7 Å². The fourth-order valence-electron chi connectivity index (χ4n) is 2.48. The number of aliphatic hydroxyl groups is 1. The Morgan fingerprint density at radius 1 is 1.09 bits per heavy atom. The molecule has 0 radical (unpaired) electrons. The Morgan fingerprint density at radius 3 is 2.22 bits per heavy atom. The van der Waals surface area contributed by atoms with Crippen LogP contribution < -0.4 is 0 Å². The molecule has 0 aromatic heterocycles. The minimum atomic E-state index is -3.26. The molecule has 0 saturated carbocycles. The van der Waals surface area contributed by atoms with Gasteiger partial charge in [-0.1, -0.05) is 42.5 Å². The Labute approximate surface area is 147 Å². The van der Waals surface area contributed by atoms with E-state index in [1.165, 1.54) is 12.1 Å². The van der Waals surface area contributed by atoms with Gasteiger partial charge in [0.05, 0.1) is 6.07 Å². The van der Waals surface area contributed by atoms with E-state index >= 15 is 0 Å². The minimum Gasteiger partial charge on any atom is -0.396 e. The summed E-state index contributed by atoms with van der Waals surface area (Å²) in [5.41, 5.74) is 0.586. The van der Waals surface area contributed by atoms with Gasteiger partial charge in [0, 0.05) is 21.7 Å². The zero-order valence-corrected chi connectivity index (χ0v) is 14.5. The molecule has 0 fully saturated rings. The predicted molar refractivity (Wildman–Crippen MR) is 93.0 cm³/mol. The van der Waals surface area contributed by atoms with Gasteiger partial charge in [0.25, 0.3) is 5.92 Å².